The van der Waals surface area contributed by atoms with E-state index in [9.17, 15) is 13.5 Å². The number of nitrogens with zero attached hydrogens (tertiary/aromatic N) is 2. The molecule has 126 valence electrons. The third kappa shape index (κ3) is 4.41. The topological polar surface area (TPSA) is 60.9 Å². The first-order chi connectivity index (χ1) is 9.67. The SMILES string of the molecule is CCC(CC)(C(O)CC1CCCN(S(C)(=O)=O)C1)N(C)C. The van der Waals surface area contributed by atoms with Crippen molar-refractivity contribution in [3.05, 3.63) is 0 Å². The van der Waals surface area contributed by atoms with E-state index in [-0.39, 0.29) is 11.5 Å². The maximum absolute atomic E-state index is 11.7. The van der Waals surface area contributed by atoms with Gasteiger partial charge in [0, 0.05) is 18.6 Å². The molecule has 0 bridgehead atoms. The van der Waals surface area contributed by atoms with Gasteiger partial charge in [0.15, 0.2) is 0 Å². The number of likely N-dealkylation sites (N-methyl/N-ethyl adjacent to an activating group) is 1. The summed E-state index contributed by atoms with van der Waals surface area (Å²) >= 11 is 0. The monoisotopic (exact) mass is 320 g/mol. The maximum Gasteiger partial charge on any atom is 0.211 e. The molecule has 0 saturated carbocycles. The van der Waals surface area contributed by atoms with Gasteiger partial charge < -0.3 is 10.0 Å². The average Bonchev–Trinajstić information content (AvgIpc) is 2.39. The number of piperidine rings is 1. The van der Waals surface area contributed by atoms with E-state index in [4.69, 9.17) is 0 Å². The van der Waals surface area contributed by atoms with Gasteiger partial charge in [-0.05, 0) is 52.1 Å². The zero-order valence-corrected chi connectivity index (χ0v) is 15.0. The van der Waals surface area contributed by atoms with E-state index in [2.05, 4.69) is 18.7 Å². The average molecular weight is 320 g/mol. The summed E-state index contributed by atoms with van der Waals surface area (Å²) < 4.78 is 24.9. The summed E-state index contributed by atoms with van der Waals surface area (Å²) in [5.41, 5.74) is -0.215. The molecule has 2 unspecified atom stereocenters. The predicted octanol–water partition coefficient (Wildman–Crippen LogP) is 1.53. The van der Waals surface area contributed by atoms with Gasteiger partial charge >= 0.3 is 0 Å². The van der Waals surface area contributed by atoms with E-state index in [0.29, 0.717) is 19.5 Å². The Balaban J connectivity index is 2.75. The van der Waals surface area contributed by atoms with E-state index >= 15 is 0 Å². The lowest BCUT2D eigenvalue weighted by Gasteiger charge is -2.44. The molecule has 5 nitrogen and oxygen atoms in total. The van der Waals surface area contributed by atoms with Gasteiger partial charge in [0.05, 0.1) is 12.4 Å². The fourth-order valence-electron chi connectivity index (χ4n) is 3.71. The second kappa shape index (κ2) is 7.40. The standard InChI is InChI=1S/C15H32N2O3S/c1-6-15(7-2,16(3)4)14(18)11-13-9-8-10-17(12-13)21(5,19)20/h13-14,18H,6-12H2,1-5H3. The first-order valence-corrected chi connectivity index (χ1v) is 9.82. The van der Waals surface area contributed by atoms with Crippen molar-refractivity contribution >= 4 is 10.0 Å². The molecule has 0 radical (unpaired) electrons. The highest BCUT2D eigenvalue weighted by molar-refractivity contribution is 7.88. The van der Waals surface area contributed by atoms with Crippen molar-refractivity contribution in [3.63, 3.8) is 0 Å². The van der Waals surface area contributed by atoms with Crippen molar-refractivity contribution in [1.29, 1.82) is 0 Å². The Morgan fingerprint density at radius 3 is 2.33 bits per heavy atom. The molecular formula is C15H32N2O3S. The summed E-state index contributed by atoms with van der Waals surface area (Å²) in [4.78, 5) is 2.12. The molecule has 1 aliphatic heterocycles. The van der Waals surface area contributed by atoms with Crippen LogP contribution in [0.4, 0.5) is 0 Å². The van der Waals surface area contributed by atoms with Crippen LogP contribution in [0.3, 0.4) is 0 Å². The van der Waals surface area contributed by atoms with Crippen LogP contribution in [0.5, 0.6) is 0 Å². The molecule has 2 atom stereocenters. The van der Waals surface area contributed by atoms with Crippen LogP contribution in [-0.2, 0) is 10.0 Å². The van der Waals surface area contributed by atoms with Gasteiger partial charge in [0.1, 0.15) is 0 Å². The van der Waals surface area contributed by atoms with Crippen LogP contribution in [0, 0.1) is 5.92 Å². The van der Waals surface area contributed by atoms with Crippen molar-refractivity contribution < 1.29 is 13.5 Å². The summed E-state index contributed by atoms with van der Waals surface area (Å²) in [5.74, 6) is 0.251. The van der Waals surface area contributed by atoms with Crippen LogP contribution in [-0.4, -0.2) is 67.8 Å². The Bertz CT molecular complexity index is 419. The van der Waals surface area contributed by atoms with Gasteiger partial charge in [-0.15, -0.1) is 0 Å². The minimum Gasteiger partial charge on any atom is -0.391 e. The molecule has 0 aliphatic carbocycles. The van der Waals surface area contributed by atoms with E-state index in [1.54, 1.807) is 4.31 Å². The molecular weight excluding hydrogens is 288 g/mol. The molecule has 21 heavy (non-hydrogen) atoms. The van der Waals surface area contributed by atoms with Crippen molar-refractivity contribution in [3.8, 4) is 0 Å². The van der Waals surface area contributed by atoms with Crippen LogP contribution in [0.2, 0.25) is 0 Å². The van der Waals surface area contributed by atoms with Crippen LogP contribution in [0.1, 0.15) is 46.0 Å². The minimum atomic E-state index is -3.12. The largest absolute Gasteiger partial charge is 0.391 e. The van der Waals surface area contributed by atoms with Gasteiger partial charge in [-0.2, -0.15) is 0 Å². The van der Waals surface area contributed by atoms with Gasteiger partial charge in [0.25, 0.3) is 0 Å². The molecule has 1 heterocycles. The number of hydrogen-bond donors (Lipinski definition) is 1. The Morgan fingerprint density at radius 2 is 1.90 bits per heavy atom. The highest BCUT2D eigenvalue weighted by Crippen LogP contribution is 2.32. The van der Waals surface area contributed by atoms with Crippen molar-refractivity contribution in [2.24, 2.45) is 5.92 Å². The second-order valence-electron chi connectivity index (χ2n) is 6.59. The van der Waals surface area contributed by atoms with Gasteiger partial charge in [-0.1, -0.05) is 13.8 Å². The van der Waals surface area contributed by atoms with Crippen LogP contribution in [0.25, 0.3) is 0 Å². The van der Waals surface area contributed by atoms with Crippen LogP contribution < -0.4 is 0 Å². The lowest BCUT2D eigenvalue weighted by molar-refractivity contribution is -0.0296. The first-order valence-electron chi connectivity index (χ1n) is 7.98. The number of aliphatic hydroxyl groups excluding tert-OH is 1. The molecule has 6 heteroatoms. The smallest absolute Gasteiger partial charge is 0.211 e. The van der Waals surface area contributed by atoms with E-state index in [0.717, 1.165) is 25.7 Å². The van der Waals surface area contributed by atoms with Crippen molar-refractivity contribution in [2.75, 3.05) is 33.4 Å². The molecule has 1 aliphatic rings. The number of aliphatic hydroxyl groups is 1. The number of sulfonamides is 1. The van der Waals surface area contributed by atoms with E-state index in [1.165, 1.54) is 6.26 Å². The van der Waals surface area contributed by atoms with Crippen LogP contribution in [0.15, 0.2) is 0 Å². The summed E-state index contributed by atoms with van der Waals surface area (Å²) in [6, 6.07) is 0. The fourth-order valence-corrected chi connectivity index (χ4v) is 4.65. The third-order valence-corrected chi connectivity index (χ3v) is 6.51. The molecule has 0 aromatic carbocycles. The zero-order chi connectivity index (χ0) is 16.3. The number of rotatable bonds is 7. The van der Waals surface area contributed by atoms with Gasteiger partial charge in [-0.25, -0.2) is 12.7 Å². The molecule has 0 amide bonds. The summed E-state index contributed by atoms with van der Waals surface area (Å²) in [7, 11) is 0.911. The fraction of sp³-hybridized carbons (Fsp3) is 1.00. The summed E-state index contributed by atoms with van der Waals surface area (Å²) in [6.45, 7) is 5.38. The quantitative estimate of drug-likeness (QED) is 0.773. The first kappa shape index (κ1) is 18.9. The highest BCUT2D eigenvalue weighted by Gasteiger charge is 2.39. The Morgan fingerprint density at radius 1 is 1.33 bits per heavy atom. The zero-order valence-electron chi connectivity index (χ0n) is 14.2. The highest BCUT2D eigenvalue weighted by atomic mass is 32.2. The minimum absolute atomic E-state index is 0.215. The van der Waals surface area contributed by atoms with Crippen molar-refractivity contribution in [2.45, 2.75) is 57.6 Å². The van der Waals surface area contributed by atoms with Gasteiger partial charge in [0.2, 0.25) is 10.0 Å². The second-order valence-corrected chi connectivity index (χ2v) is 8.57. The molecule has 1 fully saturated rings. The third-order valence-electron chi connectivity index (χ3n) is 5.24. The molecule has 1 saturated heterocycles. The lowest BCUT2D eigenvalue weighted by Crippen LogP contribution is -2.54. The Labute approximate surface area is 130 Å². The summed E-state index contributed by atoms with van der Waals surface area (Å²) in [6.07, 6.45) is 5.18. The maximum atomic E-state index is 11.7. The van der Waals surface area contributed by atoms with E-state index in [1.807, 2.05) is 14.1 Å². The Kier molecular flexibility index (Phi) is 6.65. The lowest BCUT2D eigenvalue weighted by atomic mass is 9.79. The molecule has 0 spiro atoms. The number of hydrogen-bond acceptors (Lipinski definition) is 4. The predicted molar refractivity (Wildman–Crippen MR) is 86.8 cm³/mol. The normalized spacial score (nSPS) is 23.5. The van der Waals surface area contributed by atoms with Crippen LogP contribution >= 0.6 is 0 Å². The van der Waals surface area contributed by atoms with Gasteiger partial charge in [-0.3, -0.25) is 0 Å². The summed E-state index contributed by atoms with van der Waals surface area (Å²) in [5, 5.41) is 10.8. The molecule has 0 aromatic rings. The Hall–Kier alpha value is -0.170. The molecule has 0 aromatic heterocycles. The van der Waals surface area contributed by atoms with Crippen molar-refractivity contribution in [1.82, 2.24) is 9.21 Å². The van der Waals surface area contributed by atoms with E-state index < -0.39 is 16.1 Å². The molecule has 1 rings (SSSR count). The molecule has 1 N–H and O–H groups in total.